The van der Waals surface area contributed by atoms with Gasteiger partial charge >= 0.3 is 0 Å². The van der Waals surface area contributed by atoms with Gasteiger partial charge in [-0.25, -0.2) is 14.4 Å². The predicted molar refractivity (Wildman–Crippen MR) is 134 cm³/mol. The fourth-order valence-corrected chi connectivity index (χ4v) is 4.84. The van der Waals surface area contributed by atoms with Crippen molar-refractivity contribution in [2.45, 2.75) is 75.6 Å². The van der Waals surface area contributed by atoms with Crippen LogP contribution in [0.25, 0.3) is 11.2 Å². The molecule has 1 aliphatic carbocycles. The summed E-state index contributed by atoms with van der Waals surface area (Å²) in [5.74, 6) is 1.31. The van der Waals surface area contributed by atoms with Crippen molar-refractivity contribution in [2.75, 3.05) is 24.3 Å². The number of hydrogen-bond acceptors (Lipinski definition) is 10. The van der Waals surface area contributed by atoms with Crippen molar-refractivity contribution in [3.8, 4) is 0 Å². The van der Waals surface area contributed by atoms with Crippen LogP contribution in [0.4, 0.5) is 10.2 Å². The Balaban J connectivity index is 1.60. The largest absolute Gasteiger partial charge is 0.394 e. The van der Waals surface area contributed by atoms with E-state index < -0.39 is 18.4 Å². The number of thioether (sulfide) groups is 1. The van der Waals surface area contributed by atoms with Crippen molar-refractivity contribution in [2.24, 2.45) is 0 Å². The smallest absolute Gasteiger partial charge is 0.191 e. The van der Waals surface area contributed by atoms with E-state index in [0.29, 0.717) is 34.1 Å². The van der Waals surface area contributed by atoms with Crippen molar-refractivity contribution < 1.29 is 24.4 Å². The Hall–Kier alpha value is -2.38. The second-order valence-electron chi connectivity index (χ2n) is 8.96. The quantitative estimate of drug-likeness (QED) is 0.197. The SMILES string of the molecule is CCCSc1nc(N[C@@H]2C[C@H]2c2ccc(F)c(C)c2)c2nnn([C@H](O)[C@H](O)[C@H](CC)OCCO)c2n1. The number of anilines is 1. The van der Waals surface area contributed by atoms with Gasteiger partial charge in [0, 0.05) is 17.7 Å². The molecule has 0 bridgehead atoms. The highest BCUT2D eigenvalue weighted by Gasteiger charge is 2.40. The lowest BCUT2D eigenvalue weighted by Gasteiger charge is -2.25. The van der Waals surface area contributed by atoms with Gasteiger partial charge in [-0.1, -0.05) is 43.0 Å². The summed E-state index contributed by atoms with van der Waals surface area (Å²) in [4.78, 5) is 9.22. The Morgan fingerprint density at radius 2 is 2.08 bits per heavy atom. The van der Waals surface area contributed by atoms with Crippen molar-refractivity contribution in [3.05, 3.63) is 35.1 Å². The van der Waals surface area contributed by atoms with E-state index in [2.05, 4.69) is 32.5 Å². The molecule has 1 fully saturated rings. The van der Waals surface area contributed by atoms with E-state index in [-0.39, 0.29) is 31.0 Å². The summed E-state index contributed by atoms with van der Waals surface area (Å²) >= 11 is 1.48. The molecule has 2 aromatic heterocycles. The van der Waals surface area contributed by atoms with E-state index in [1.54, 1.807) is 6.92 Å². The number of ether oxygens (including phenoxy) is 1. The molecule has 12 heteroatoms. The van der Waals surface area contributed by atoms with Gasteiger partial charge in [0.1, 0.15) is 11.9 Å². The maximum atomic E-state index is 13.7. The predicted octanol–water partition coefficient (Wildman–Crippen LogP) is 2.78. The summed E-state index contributed by atoms with van der Waals surface area (Å²) in [6.07, 6.45) is -1.24. The van der Waals surface area contributed by atoms with E-state index >= 15 is 0 Å². The highest BCUT2D eigenvalue weighted by atomic mass is 32.2. The van der Waals surface area contributed by atoms with Crippen molar-refractivity contribution in [1.82, 2.24) is 25.0 Å². The van der Waals surface area contributed by atoms with Crippen molar-refractivity contribution >= 4 is 28.7 Å². The molecule has 10 nitrogen and oxygen atoms in total. The highest BCUT2D eigenvalue weighted by Crippen LogP contribution is 2.43. The van der Waals surface area contributed by atoms with Crippen LogP contribution in [-0.2, 0) is 4.74 Å². The van der Waals surface area contributed by atoms with E-state index in [4.69, 9.17) is 9.84 Å². The fourth-order valence-electron chi connectivity index (χ4n) is 4.14. The third-order valence-corrected chi connectivity index (χ3v) is 7.28. The maximum absolute atomic E-state index is 13.7. The number of aliphatic hydroxyl groups excluding tert-OH is 3. The molecule has 0 saturated heterocycles. The molecule has 0 amide bonds. The van der Waals surface area contributed by atoms with Crippen LogP contribution in [0.1, 0.15) is 56.4 Å². The number of rotatable bonds is 13. The Bertz CT molecular complexity index is 1180. The van der Waals surface area contributed by atoms with Crippen molar-refractivity contribution in [1.29, 1.82) is 0 Å². The van der Waals surface area contributed by atoms with Crippen LogP contribution < -0.4 is 5.32 Å². The minimum Gasteiger partial charge on any atom is -0.394 e. The molecule has 4 N–H and O–H groups in total. The molecular formula is C24H33FN6O4S. The van der Waals surface area contributed by atoms with E-state index in [1.165, 1.54) is 22.5 Å². The van der Waals surface area contributed by atoms with Gasteiger partial charge in [-0.2, -0.15) is 4.68 Å². The zero-order chi connectivity index (χ0) is 25.8. The molecule has 0 radical (unpaired) electrons. The average Bonchev–Trinajstić information content (AvgIpc) is 3.51. The van der Waals surface area contributed by atoms with Gasteiger partial charge in [0.05, 0.1) is 19.3 Å². The number of halogens is 1. The molecule has 0 spiro atoms. The summed E-state index contributed by atoms with van der Waals surface area (Å²) in [5, 5.41) is 42.9. The van der Waals surface area contributed by atoms with Crippen molar-refractivity contribution in [3.63, 3.8) is 0 Å². The molecule has 36 heavy (non-hydrogen) atoms. The lowest BCUT2D eigenvalue weighted by atomic mass is 10.1. The number of benzene rings is 1. The molecule has 3 aromatic rings. The molecule has 0 unspecified atom stereocenters. The molecule has 1 aliphatic rings. The number of nitrogens with one attached hydrogen (secondary N) is 1. The third kappa shape index (κ3) is 5.78. The third-order valence-electron chi connectivity index (χ3n) is 6.22. The Morgan fingerprint density at radius 3 is 2.78 bits per heavy atom. The Morgan fingerprint density at radius 1 is 1.28 bits per heavy atom. The molecular weight excluding hydrogens is 487 g/mol. The van der Waals surface area contributed by atoms with Gasteiger partial charge in [0.2, 0.25) is 0 Å². The second-order valence-corrected chi connectivity index (χ2v) is 10.0. The topological polar surface area (TPSA) is 138 Å². The van der Waals surface area contributed by atoms with Gasteiger partial charge < -0.3 is 25.4 Å². The van der Waals surface area contributed by atoms with Gasteiger partial charge in [0.25, 0.3) is 0 Å². The van der Waals surface area contributed by atoms with Crippen LogP contribution in [0, 0.1) is 12.7 Å². The molecule has 0 aliphatic heterocycles. The van der Waals surface area contributed by atoms with Crippen LogP contribution in [0.15, 0.2) is 23.4 Å². The Labute approximate surface area is 213 Å². The van der Waals surface area contributed by atoms with Crippen LogP contribution in [-0.4, -0.2) is 77.5 Å². The number of nitrogens with zero attached hydrogens (tertiary/aromatic N) is 5. The summed E-state index contributed by atoms with van der Waals surface area (Å²) < 4.78 is 20.3. The normalized spacial score (nSPS) is 19.9. The van der Waals surface area contributed by atoms with Crippen LogP contribution in [0.5, 0.6) is 0 Å². The van der Waals surface area contributed by atoms with Gasteiger partial charge in [0.15, 0.2) is 28.4 Å². The van der Waals surface area contributed by atoms with Gasteiger partial charge in [-0.05, 0) is 43.4 Å². The Kier molecular flexibility index (Phi) is 8.73. The number of fused-ring (bicyclic) bond motifs is 1. The monoisotopic (exact) mass is 520 g/mol. The number of hydrogen-bond donors (Lipinski definition) is 4. The molecule has 5 atom stereocenters. The van der Waals surface area contributed by atoms with E-state index in [9.17, 15) is 14.6 Å². The van der Waals surface area contributed by atoms with E-state index in [1.807, 2.05) is 19.1 Å². The maximum Gasteiger partial charge on any atom is 0.191 e. The zero-order valence-electron chi connectivity index (χ0n) is 20.6. The first-order valence-electron chi connectivity index (χ1n) is 12.2. The fraction of sp³-hybridized carbons (Fsp3) is 0.583. The lowest BCUT2D eigenvalue weighted by molar-refractivity contribution is -0.122. The summed E-state index contributed by atoms with van der Waals surface area (Å²) in [7, 11) is 0. The van der Waals surface area contributed by atoms with Crippen LogP contribution >= 0.6 is 11.8 Å². The van der Waals surface area contributed by atoms with Crippen LogP contribution in [0.2, 0.25) is 0 Å². The van der Waals surface area contributed by atoms with Gasteiger partial charge in [-0.15, -0.1) is 5.10 Å². The summed E-state index contributed by atoms with van der Waals surface area (Å²) in [5.41, 5.74) is 2.36. The zero-order valence-corrected chi connectivity index (χ0v) is 21.5. The minimum absolute atomic E-state index is 0.0462. The first-order valence-corrected chi connectivity index (χ1v) is 13.2. The lowest BCUT2D eigenvalue weighted by Crippen LogP contribution is -2.37. The first-order chi connectivity index (χ1) is 17.4. The van der Waals surface area contributed by atoms with E-state index in [0.717, 1.165) is 24.2 Å². The summed E-state index contributed by atoms with van der Waals surface area (Å²) in [6.45, 7) is 5.49. The molecule has 2 heterocycles. The van der Waals surface area contributed by atoms with Gasteiger partial charge in [-0.3, -0.25) is 0 Å². The molecule has 1 aromatic carbocycles. The number of aryl methyl sites for hydroxylation is 1. The number of aromatic nitrogens is 5. The highest BCUT2D eigenvalue weighted by molar-refractivity contribution is 7.99. The molecule has 4 rings (SSSR count). The minimum atomic E-state index is -1.46. The number of aliphatic hydroxyl groups is 3. The second kappa shape index (κ2) is 11.8. The summed E-state index contributed by atoms with van der Waals surface area (Å²) in [6, 6.07) is 5.27. The molecule has 196 valence electrons. The molecule has 1 saturated carbocycles. The first kappa shape index (κ1) is 26.7. The average molecular weight is 521 g/mol. The van der Waals surface area contributed by atoms with Crippen LogP contribution in [0.3, 0.4) is 0 Å². The standard InChI is InChI=1S/C24H33FN6O4S/c1-4-10-36-24-27-21(26-17-12-15(17)14-6-7-16(25)13(3)11-14)19-22(28-24)31(30-29-19)23(34)20(33)18(5-2)35-9-8-32/h6-7,11,15,17-18,20,23,32-34H,4-5,8-10,12H2,1-3H3,(H,26,27,28)/t15-,17+,18-,20+,23+/m0/s1.